The molecule has 0 saturated heterocycles. The Hall–Kier alpha value is -1.85. The van der Waals surface area contributed by atoms with Crippen molar-refractivity contribution in [2.45, 2.75) is 5.38 Å². The van der Waals surface area contributed by atoms with Gasteiger partial charge in [-0.15, -0.1) is 0 Å². The molecule has 0 saturated carbocycles. The van der Waals surface area contributed by atoms with Crippen molar-refractivity contribution >= 4 is 28.2 Å². The third kappa shape index (κ3) is 1.78. The molecule has 0 aliphatic carbocycles. The van der Waals surface area contributed by atoms with E-state index in [1.165, 1.54) is 0 Å². The maximum absolute atomic E-state index is 11.8. The van der Waals surface area contributed by atoms with E-state index in [1.54, 1.807) is 18.2 Å². The molecule has 16 heavy (non-hydrogen) atoms. The SMILES string of the molecule is N#CC(Cl)C(=O)c1cccc2ccccc12. The summed E-state index contributed by atoms with van der Waals surface area (Å²) >= 11 is 5.64. The molecule has 0 aromatic heterocycles. The Morgan fingerprint density at radius 3 is 2.62 bits per heavy atom. The highest BCUT2D eigenvalue weighted by atomic mass is 35.5. The molecule has 0 bridgehead atoms. The van der Waals surface area contributed by atoms with Gasteiger partial charge in [0.2, 0.25) is 0 Å². The number of fused-ring (bicyclic) bond motifs is 1. The molecule has 2 aromatic rings. The lowest BCUT2D eigenvalue weighted by atomic mass is 10.0. The Morgan fingerprint density at radius 2 is 1.88 bits per heavy atom. The first-order chi connectivity index (χ1) is 7.74. The third-order valence-corrected chi connectivity index (χ3v) is 2.69. The Labute approximate surface area is 98.1 Å². The number of hydrogen-bond acceptors (Lipinski definition) is 2. The predicted octanol–water partition coefficient (Wildman–Crippen LogP) is 3.15. The molecule has 2 nitrogen and oxygen atoms in total. The number of rotatable bonds is 2. The molecule has 2 aromatic carbocycles. The maximum atomic E-state index is 11.8. The number of carbonyl (C=O) groups excluding carboxylic acids is 1. The first-order valence-corrected chi connectivity index (χ1v) is 5.23. The molecule has 0 aliphatic heterocycles. The summed E-state index contributed by atoms with van der Waals surface area (Å²) in [5.74, 6) is -0.346. The largest absolute Gasteiger partial charge is 0.291 e. The number of carbonyl (C=O) groups is 1. The third-order valence-electron chi connectivity index (χ3n) is 2.40. The quantitative estimate of drug-likeness (QED) is 0.586. The van der Waals surface area contributed by atoms with Crippen molar-refractivity contribution in [1.82, 2.24) is 0 Å². The standard InChI is InChI=1S/C13H8ClNO/c14-12(8-15)13(16)11-7-3-5-9-4-1-2-6-10(9)11/h1-7,12H. The Balaban J connectivity index is 2.62. The molecule has 1 unspecified atom stereocenters. The highest BCUT2D eigenvalue weighted by Crippen LogP contribution is 2.20. The van der Waals surface area contributed by atoms with Gasteiger partial charge in [0, 0.05) is 5.56 Å². The van der Waals surface area contributed by atoms with Crippen molar-refractivity contribution in [3.8, 4) is 6.07 Å². The van der Waals surface area contributed by atoms with E-state index in [-0.39, 0.29) is 5.78 Å². The fourth-order valence-electron chi connectivity index (χ4n) is 1.64. The van der Waals surface area contributed by atoms with E-state index in [2.05, 4.69) is 0 Å². The number of alkyl halides is 1. The molecule has 0 N–H and O–H groups in total. The molecular formula is C13H8ClNO. The second-order valence-corrected chi connectivity index (χ2v) is 3.82. The van der Waals surface area contributed by atoms with Gasteiger partial charge in [0.1, 0.15) is 0 Å². The van der Waals surface area contributed by atoms with Crippen molar-refractivity contribution in [3.05, 3.63) is 48.0 Å². The van der Waals surface area contributed by atoms with Gasteiger partial charge in [-0.05, 0) is 10.8 Å². The van der Waals surface area contributed by atoms with E-state index in [0.29, 0.717) is 5.56 Å². The van der Waals surface area contributed by atoms with Crippen LogP contribution in [-0.4, -0.2) is 11.2 Å². The van der Waals surface area contributed by atoms with E-state index < -0.39 is 5.38 Å². The van der Waals surface area contributed by atoms with Crippen LogP contribution in [0.25, 0.3) is 10.8 Å². The van der Waals surface area contributed by atoms with E-state index >= 15 is 0 Å². The van der Waals surface area contributed by atoms with Crippen LogP contribution in [0.4, 0.5) is 0 Å². The highest BCUT2D eigenvalue weighted by molar-refractivity contribution is 6.37. The summed E-state index contributed by atoms with van der Waals surface area (Å²) in [6.45, 7) is 0. The lowest BCUT2D eigenvalue weighted by molar-refractivity contribution is 0.100. The number of nitrogens with zero attached hydrogens (tertiary/aromatic N) is 1. The van der Waals surface area contributed by atoms with Gasteiger partial charge < -0.3 is 0 Å². The number of nitriles is 1. The lowest BCUT2D eigenvalue weighted by Gasteiger charge is -2.05. The molecule has 1 atom stereocenters. The molecular weight excluding hydrogens is 222 g/mol. The van der Waals surface area contributed by atoms with E-state index in [4.69, 9.17) is 16.9 Å². The van der Waals surface area contributed by atoms with Crippen LogP contribution in [0.15, 0.2) is 42.5 Å². The van der Waals surface area contributed by atoms with E-state index in [0.717, 1.165) is 10.8 Å². The zero-order chi connectivity index (χ0) is 11.5. The van der Waals surface area contributed by atoms with Crippen LogP contribution in [-0.2, 0) is 0 Å². The first kappa shape index (κ1) is 10.7. The Morgan fingerprint density at radius 1 is 1.19 bits per heavy atom. The van der Waals surface area contributed by atoms with Crippen LogP contribution in [0.3, 0.4) is 0 Å². The number of hydrogen-bond donors (Lipinski definition) is 0. The normalized spacial score (nSPS) is 12.0. The fourth-order valence-corrected chi connectivity index (χ4v) is 1.75. The summed E-state index contributed by atoms with van der Waals surface area (Å²) in [6.07, 6.45) is 0. The van der Waals surface area contributed by atoms with Crippen LogP contribution in [0.1, 0.15) is 10.4 Å². The van der Waals surface area contributed by atoms with Gasteiger partial charge in [0.05, 0.1) is 6.07 Å². The average Bonchev–Trinajstić information content (AvgIpc) is 2.36. The molecule has 2 rings (SSSR count). The minimum Gasteiger partial charge on any atom is -0.291 e. The smallest absolute Gasteiger partial charge is 0.195 e. The lowest BCUT2D eigenvalue weighted by Crippen LogP contribution is -2.12. The van der Waals surface area contributed by atoms with Crippen molar-refractivity contribution in [2.24, 2.45) is 0 Å². The zero-order valence-corrected chi connectivity index (χ0v) is 9.11. The van der Waals surface area contributed by atoms with Gasteiger partial charge in [0.25, 0.3) is 0 Å². The minimum absolute atomic E-state index is 0.346. The zero-order valence-electron chi connectivity index (χ0n) is 8.35. The Kier molecular flexibility index (Phi) is 2.89. The molecule has 0 heterocycles. The number of benzene rings is 2. The molecule has 0 aliphatic rings. The van der Waals surface area contributed by atoms with Crippen LogP contribution in [0.2, 0.25) is 0 Å². The van der Waals surface area contributed by atoms with Gasteiger partial charge in [-0.3, -0.25) is 4.79 Å². The van der Waals surface area contributed by atoms with Gasteiger partial charge in [-0.2, -0.15) is 5.26 Å². The van der Waals surface area contributed by atoms with Crippen LogP contribution in [0, 0.1) is 11.3 Å². The summed E-state index contributed by atoms with van der Waals surface area (Å²) in [6, 6.07) is 14.7. The van der Waals surface area contributed by atoms with Crippen molar-refractivity contribution in [2.75, 3.05) is 0 Å². The monoisotopic (exact) mass is 229 g/mol. The summed E-state index contributed by atoms with van der Waals surface area (Å²) in [5, 5.41) is 9.31. The molecule has 0 fully saturated rings. The molecule has 0 spiro atoms. The van der Waals surface area contributed by atoms with Gasteiger partial charge in [0.15, 0.2) is 11.2 Å². The topological polar surface area (TPSA) is 40.9 Å². The van der Waals surface area contributed by atoms with Crippen molar-refractivity contribution in [1.29, 1.82) is 5.26 Å². The number of Topliss-reactive ketones (excluding diaryl/α,β-unsaturated/α-hetero) is 1. The predicted molar refractivity (Wildman–Crippen MR) is 63.5 cm³/mol. The summed E-state index contributed by atoms with van der Waals surface area (Å²) < 4.78 is 0. The van der Waals surface area contributed by atoms with Crippen LogP contribution < -0.4 is 0 Å². The maximum Gasteiger partial charge on any atom is 0.195 e. The van der Waals surface area contributed by atoms with Crippen LogP contribution >= 0.6 is 11.6 Å². The average molecular weight is 230 g/mol. The number of ketones is 1. The van der Waals surface area contributed by atoms with Crippen LogP contribution in [0.5, 0.6) is 0 Å². The highest BCUT2D eigenvalue weighted by Gasteiger charge is 2.18. The summed E-state index contributed by atoms with van der Waals surface area (Å²) in [4.78, 5) is 11.8. The van der Waals surface area contributed by atoms with Gasteiger partial charge in [-0.1, -0.05) is 54.1 Å². The summed E-state index contributed by atoms with van der Waals surface area (Å²) in [7, 11) is 0. The summed E-state index contributed by atoms with van der Waals surface area (Å²) in [5.41, 5.74) is 0.500. The fraction of sp³-hybridized carbons (Fsp3) is 0.0769. The van der Waals surface area contributed by atoms with Crippen molar-refractivity contribution < 1.29 is 4.79 Å². The van der Waals surface area contributed by atoms with E-state index in [9.17, 15) is 4.79 Å². The molecule has 0 radical (unpaired) electrons. The second kappa shape index (κ2) is 4.34. The Bertz CT molecular complexity index is 580. The van der Waals surface area contributed by atoms with Gasteiger partial charge >= 0.3 is 0 Å². The van der Waals surface area contributed by atoms with Crippen molar-refractivity contribution in [3.63, 3.8) is 0 Å². The van der Waals surface area contributed by atoms with Gasteiger partial charge in [-0.25, -0.2) is 0 Å². The van der Waals surface area contributed by atoms with E-state index in [1.807, 2.05) is 30.3 Å². The molecule has 3 heteroatoms. The number of halogens is 1. The minimum atomic E-state index is -1.12. The molecule has 78 valence electrons. The molecule has 0 amide bonds. The second-order valence-electron chi connectivity index (χ2n) is 3.38. The first-order valence-electron chi connectivity index (χ1n) is 4.79.